The first-order valence-electron chi connectivity index (χ1n) is 14.5. The summed E-state index contributed by atoms with van der Waals surface area (Å²) in [6.07, 6.45) is 7.26. The van der Waals surface area contributed by atoms with Crippen molar-refractivity contribution in [1.82, 2.24) is 0 Å². The highest BCUT2D eigenvalue weighted by atomic mass is 16.7. The molecule has 234 valence electrons. The van der Waals surface area contributed by atoms with Gasteiger partial charge in [-0.25, -0.2) is 4.79 Å². The van der Waals surface area contributed by atoms with E-state index < -0.39 is 5.97 Å². The first kappa shape index (κ1) is 33.7. The molecule has 0 bridgehead atoms. The molecule has 0 N–H and O–H groups in total. The number of benzene rings is 3. The van der Waals surface area contributed by atoms with Crippen LogP contribution in [0.2, 0.25) is 0 Å². The molecule has 0 aliphatic heterocycles. The Labute approximate surface area is 258 Å². The molecule has 0 spiro atoms. The van der Waals surface area contributed by atoms with Crippen molar-refractivity contribution in [3.63, 3.8) is 0 Å². The third kappa shape index (κ3) is 13.0. The standard InChI is InChI=1S/C35H40O9/c1-4-34(36)43-31-13-10-28(11-14-31)12-21-35(37)44-33-20-19-32(24-27(33)3)42-26-41-30-17-15-29(16-18-30)40-23-9-7-6-8-22-39-25-38-5-2/h4-5,10-11,13-20,24H,1-2,6-9,12,21-23,25-26H2,3H3. The Hall–Kier alpha value is -4.76. The first-order valence-corrected chi connectivity index (χ1v) is 14.5. The second-order valence-corrected chi connectivity index (χ2v) is 9.67. The topological polar surface area (TPSA) is 98.8 Å². The quantitative estimate of drug-likeness (QED) is 0.0314. The summed E-state index contributed by atoms with van der Waals surface area (Å²) in [4.78, 5) is 23.7. The summed E-state index contributed by atoms with van der Waals surface area (Å²) in [7, 11) is 0. The van der Waals surface area contributed by atoms with E-state index in [1.165, 1.54) is 6.26 Å². The average molecular weight is 605 g/mol. The number of unbranched alkanes of at least 4 members (excludes halogenated alkanes) is 3. The minimum Gasteiger partial charge on any atom is -0.494 e. The predicted molar refractivity (Wildman–Crippen MR) is 166 cm³/mol. The van der Waals surface area contributed by atoms with Crippen LogP contribution in [0.15, 0.2) is 92.2 Å². The lowest BCUT2D eigenvalue weighted by Crippen LogP contribution is -2.10. The molecule has 0 aromatic heterocycles. The van der Waals surface area contributed by atoms with E-state index >= 15 is 0 Å². The Kier molecular flexibility index (Phi) is 14.9. The van der Waals surface area contributed by atoms with Gasteiger partial charge in [0, 0.05) is 12.5 Å². The van der Waals surface area contributed by atoms with Crippen LogP contribution < -0.4 is 23.7 Å². The Balaban J connectivity index is 1.30. The number of carbonyl (C=O) groups excluding carboxylic acids is 2. The Morgan fingerprint density at radius 1 is 0.705 bits per heavy atom. The van der Waals surface area contributed by atoms with Crippen molar-refractivity contribution in [2.45, 2.75) is 45.4 Å². The van der Waals surface area contributed by atoms with E-state index in [2.05, 4.69) is 13.2 Å². The van der Waals surface area contributed by atoms with Gasteiger partial charge < -0.3 is 33.2 Å². The number of carbonyl (C=O) groups is 2. The second kappa shape index (κ2) is 19.4. The van der Waals surface area contributed by atoms with Crippen LogP contribution in [0.4, 0.5) is 0 Å². The van der Waals surface area contributed by atoms with E-state index in [0.29, 0.717) is 42.6 Å². The van der Waals surface area contributed by atoms with Crippen molar-refractivity contribution in [1.29, 1.82) is 0 Å². The van der Waals surface area contributed by atoms with Crippen LogP contribution >= 0.6 is 0 Å². The van der Waals surface area contributed by atoms with Gasteiger partial charge >= 0.3 is 11.9 Å². The van der Waals surface area contributed by atoms with Crippen LogP contribution in [0.3, 0.4) is 0 Å². The third-order valence-corrected chi connectivity index (χ3v) is 6.29. The summed E-state index contributed by atoms with van der Waals surface area (Å²) in [5.74, 6) is 2.05. The fraction of sp³-hybridized carbons (Fsp3) is 0.314. The minimum absolute atomic E-state index is 0.0216. The van der Waals surface area contributed by atoms with Crippen molar-refractivity contribution >= 4 is 11.9 Å². The molecule has 3 aromatic carbocycles. The zero-order valence-corrected chi connectivity index (χ0v) is 25.2. The van der Waals surface area contributed by atoms with Crippen LogP contribution in [-0.4, -0.2) is 38.7 Å². The van der Waals surface area contributed by atoms with E-state index in [1.54, 1.807) is 42.5 Å². The fourth-order valence-corrected chi connectivity index (χ4v) is 3.93. The first-order chi connectivity index (χ1) is 21.5. The number of hydrogen-bond acceptors (Lipinski definition) is 9. The molecule has 0 aliphatic rings. The van der Waals surface area contributed by atoms with Gasteiger partial charge in [-0.3, -0.25) is 4.79 Å². The van der Waals surface area contributed by atoms with Crippen LogP contribution in [-0.2, 0) is 25.5 Å². The van der Waals surface area contributed by atoms with Crippen molar-refractivity contribution in [3.8, 4) is 28.7 Å². The molecule has 0 aliphatic carbocycles. The highest BCUT2D eigenvalue weighted by Gasteiger charge is 2.10. The van der Waals surface area contributed by atoms with E-state index in [0.717, 1.165) is 48.6 Å². The van der Waals surface area contributed by atoms with Gasteiger partial charge in [-0.05, 0) is 98.3 Å². The van der Waals surface area contributed by atoms with E-state index in [9.17, 15) is 9.59 Å². The van der Waals surface area contributed by atoms with Crippen molar-refractivity contribution in [2.24, 2.45) is 0 Å². The molecule has 0 radical (unpaired) electrons. The third-order valence-electron chi connectivity index (χ3n) is 6.29. The summed E-state index contributed by atoms with van der Waals surface area (Å²) >= 11 is 0. The van der Waals surface area contributed by atoms with Gasteiger partial charge in [-0.2, -0.15) is 0 Å². The van der Waals surface area contributed by atoms with Crippen molar-refractivity contribution < 1.29 is 42.7 Å². The van der Waals surface area contributed by atoms with Gasteiger partial charge in [-0.1, -0.05) is 31.7 Å². The van der Waals surface area contributed by atoms with Gasteiger partial charge in [0.2, 0.25) is 6.79 Å². The van der Waals surface area contributed by atoms with Gasteiger partial charge in [0.25, 0.3) is 0 Å². The zero-order chi connectivity index (χ0) is 31.4. The summed E-state index contributed by atoms with van der Waals surface area (Å²) in [5.41, 5.74) is 1.68. The normalized spacial score (nSPS) is 10.4. The van der Waals surface area contributed by atoms with Crippen molar-refractivity contribution in [3.05, 3.63) is 103 Å². The lowest BCUT2D eigenvalue weighted by Gasteiger charge is -2.12. The molecular weight excluding hydrogens is 564 g/mol. The minimum atomic E-state index is -0.524. The molecule has 3 aromatic rings. The maximum atomic E-state index is 12.4. The smallest absolute Gasteiger partial charge is 0.335 e. The average Bonchev–Trinajstić information content (AvgIpc) is 3.03. The van der Waals surface area contributed by atoms with Gasteiger partial charge in [0.15, 0.2) is 6.79 Å². The van der Waals surface area contributed by atoms with Crippen LogP contribution in [0.25, 0.3) is 0 Å². The lowest BCUT2D eigenvalue weighted by atomic mass is 10.1. The SMILES string of the molecule is C=COCOCCCCCCOc1ccc(OCOc2ccc(OC(=O)CCc3ccc(OC(=O)C=C)cc3)c(C)c2)cc1. The Morgan fingerprint density at radius 2 is 1.34 bits per heavy atom. The molecular formula is C35H40O9. The summed E-state index contributed by atoms with van der Waals surface area (Å²) in [5, 5.41) is 0. The molecule has 0 saturated carbocycles. The largest absolute Gasteiger partial charge is 0.494 e. The predicted octanol–water partition coefficient (Wildman–Crippen LogP) is 7.11. The number of esters is 2. The molecule has 0 heterocycles. The molecule has 0 saturated heterocycles. The monoisotopic (exact) mass is 604 g/mol. The Morgan fingerprint density at radius 3 is 2.02 bits per heavy atom. The maximum Gasteiger partial charge on any atom is 0.335 e. The zero-order valence-electron chi connectivity index (χ0n) is 25.2. The van der Waals surface area contributed by atoms with E-state index in [-0.39, 0.29) is 26.0 Å². The highest BCUT2D eigenvalue weighted by molar-refractivity contribution is 5.83. The van der Waals surface area contributed by atoms with Gasteiger partial charge in [0.05, 0.1) is 19.5 Å². The van der Waals surface area contributed by atoms with Crippen molar-refractivity contribution in [2.75, 3.05) is 26.8 Å². The summed E-state index contributed by atoms with van der Waals surface area (Å²) in [6.45, 7) is 10.3. The molecule has 9 nitrogen and oxygen atoms in total. The van der Waals surface area contributed by atoms with E-state index in [4.69, 9.17) is 33.2 Å². The summed E-state index contributed by atoms with van der Waals surface area (Å²) in [6, 6.07) is 19.6. The molecule has 0 fully saturated rings. The number of rotatable bonds is 21. The molecule has 0 atom stereocenters. The fourth-order valence-electron chi connectivity index (χ4n) is 3.93. The second-order valence-electron chi connectivity index (χ2n) is 9.67. The van der Waals surface area contributed by atoms with Gasteiger partial charge in [0.1, 0.15) is 28.7 Å². The molecule has 9 heteroatoms. The molecule has 3 rings (SSSR count). The van der Waals surface area contributed by atoms with Crippen LogP contribution in [0.5, 0.6) is 28.7 Å². The van der Waals surface area contributed by atoms with Crippen LogP contribution in [0.1, 0.15) is 43.2 Å². The number of hydrogen-bond donors (Lipinski definition) is 0. The molecule has 44 heavy (non-hydrogen) atoms. The molecule has 0 unspecified atom stereocenters. The Bertz CT molecular complexity index is 1320. The van der Waals surface area contributed by atoms with E-state index in [1.807, 2.05) is 31.2 Å². The summed E-state index contributed by atoms with van der Waals surface area (Å²) < 4.78 is 38.0. The number of ether oxygens (including phenoxy) is 7. The van der Waals surface area contributed by atoms with Gasteiger partial charge in [-0.15, -0.1) is 0 Å². The number of aryl methyl sites for hydroxylation is 2. The van der Waals surface area contributed by atoms with Crippen LogP contribution in [0, 0.1) is 6.92 Å². The maximum absolute atomic E-state index is 12.4. The molecule has 0 amide bonds. The highest BCUT2D eigenvalue weighted by Crippen LogP contribution is 2.25. The lowest BCUT2D eigenvalue weighted by molar-refractivity contribution is -0.134.